The number of benzene rings is 1. The first kappa shape index (κ1) is 22.1. The molecule has 0 aliphatic rings. The molecule has 0 radical (unpaired) electrons. The van der Waals surface area contributed by atoms with E-state index in [0.717, 1.165) is 12.1 Å². The minimum atomic E-state index is -4.98. The molecule has 0 aliphatic carbocycles. The molecule has 0 heterocycles. The Hall–Kier alpha value is -0.218. The van der Waals surface area contributed by atoms with Crippen LogP contribution in [0.3, 0.4) is 0 Å². The minimum Gasteiger partial charge on any atom is -0.406 e. The Labute approximate surface area is 131 Å². The quantitative estimate of drug-likeness (QED) is 0.304. The van der Waals surface area contributed by atoms with Crippen molar-refractivity contribution in [3.05, 3.63) is 24.6 Å². The molecular formula is C9H7ClF6O2PPd-. The summed E-state index contributed by atoms with van der Waals surface area (Å²) in [5, 5.41) is 0.0611. The molecule has 0 saturated carbocycles. The molecule has 0 fully saturated rings. The molecule has 1 aromatic carbocycles. The van der Waals surface area contributed by atoms with E-state index in [-0.39, 0.29) is 25.7 Å². The largest absolute Gasteiger partial charge is 0.573 e. The second-order valence-electron chi connectivity index (χ2n) is 2.83. The summed E-state index contributed by atoms with van der Waals surface area (Å²) in [6.45, 7) is 0. The normalized spacial score (nSPS) is 10.8. The third-order valence-corrected chi connectivity index (χ3v) is 1.70. The Morgan fingerprint density at radius 3 is 1.40 bits per heavy atom. The summed E-state index contributed by atoms with van der Waals surface area (Å²) in [7, 11) is 1.94. The fraction of sp³-hybridized carbons (Fsp3) is 0.222. The van der Waals surface area contributed by atoms with Gasteiger partial charge in [-0.25, -0.2) is 0 Å². The van der Waals surface area contributed by atoms with E-state index in [1.807, 2.05) is 9.24 Å². The third-order valence-electron chi connectivity index (χ3n) is 1.37. The monoisotopic (exact) mass is 433 g/mol. The van der Waals surface area contributed by atoms with Gasteiger partial charge in [0.25, 0.3) is 0 Å². The molecule has 2 nitrogen and oxygen atoms in total. The van der Waals surface area contributed by atoms with Crippen LogP contribution in [0.1, 0.15) is 0 Å². The molecule has 11 heteroatoms. The summed E-state index contributed by atoms with van der Waals surface area (Å²) in [5.41, 5.74) is 0. The summed E-state index contributed by atoms with van der Waals surface area (Å²) >= 11 is 4.39. The van der Waals surface area contributed by atoms with Crippen molar-refractivity contribution in [1.82, 2.24) is 0 Å². The predicted octanol–water partition coefficient (Wildman–Crippen LogP) is 4.00. The topological polar surface area (TPSA) is 18.5 Å². The first-order valence-corrected chi connectivity index (χ1v) is 5.35. The van der Waals surface area contributed by atoms with Crippen molar-refractivity contribution in [2.24, 2.45) is 0 Å². The van der Waals surface area contributed by atoms with Gasteiger partial charge in [0.05, 0.1) is 0 Å². The van der Waals surface area contributed by atoms with Gasteiger partial charge in [-0.3, -0.25) is 6.38 Å². The second-order valence-corrected chi connectivity index (χ2v) is 3.50. The van der Waals surface area contributed by atoms with Crippen molar-refractivity contribution in [2.75, 3.05) is 0 Å². The van der Waals surface area contributed by atoms with Crippen molar-refractivity contribution >= 4 is 26.1 Å². The molecule has 120 valence electrons. The molecule has 0 saturated heterocycles. The molecular weight excluding hydrogens is 427 g/mol. The molecule has 1 unspecified atom stereocenters. The van der Waals surface area contributed by atoms with Crippen LogP contribution in [0.25, 0.3) is 0 Å². The van der Waals surface area contributed by atoms with E-state index < -0.39 is 24.2 Å². The minimum absolute atomic E-state index is 0. The SMILES string of the molecule is FC(F)(F)Oc1cc(P)cc(OC(F)(F)F)c1.[CH2-]Cl.[Pd]. The van der Waals surface area contributed by atoms with E-state index in [0.29, 0.717) is 6.07 Å². The molecule has 0 spiro atoms. The van der Waals surface area contributed by atoms with Crippen molar-refractivity contribution in [2.45, 2.75) is 12.7 Å². The average Bonchev–Trinajstić information content (AvgIpc) is 2.13. The smallest absolute Gasteiger partial charge is 0.406 e. The second kappa shape index (κ2) is 8.93. The number of hydrogen-bond acceptors (Lipinski definition) is 2. The van der Waals surface area contributed by atoms with Crippen molar-refractivity contribution < 1.29 is 56.2 Å². The molecule has 0 aromatic heterocycles. The summed E-state index contributed by atoms with van der Waals surface area (Å²) in [5.74, 6) is -1.58. The summed E-state index contributed by atoms with van der Waals surface area (Å²) < 4.78 is 78.1. The Morgan fingerprint density at radius 2 is 1.15 bits per heavy atom. The van der Waals surface area contributed by atoms with Gasteiger partial charge in [0.2, 0.25) is 0 Å². The van der Waals surface area contributed by atoms with E-state index in [2.05, 4.69) is 27.5 Å². The molecule has 0 amide bonds. The fourth-order valence-corrected chi connectivity index (χ4v) is 1.31. The van der Waals surface area contributed by atoms with E-state index in [9.17, 15) is 26.3 Å². The number of rotatable bonds is 2. The summed E-state index contributed by atoms with van der Waals surface area (Å²) in [6.07, 6.45) is -7.23. The first-order chi connectivity index (χ1) is 8.55. The number of alkyl halides is 6. The molecule has 20 heavy (non-hydrogen) atoms. The molecule has 0 aliphatic heterocycles. The predicted molar refractivity (Wildman–Crippen MR) is 60.4 cm³/mol. The van der Waals surface area contributed by atoms with Crippen LogP contribution in [-0.4, -0.2) is 12.7 Å². The zero-order valence-electron chi connectivity index (χ0n) is 9.29. The van der Waals surface area contributed by atoms with Crippen molar-refractivity contribution in [3.8, 4) is 11.5 Å². The zero-order valence-corrected chi connectivity index (χ0v) is 12.8. The average molecular weight is 434 g/mol. The van der Waals surface area contributed by atoms with Crippen LogP contribution in [0.15, 0.2) is 18.2 Å². The maximum Gasteiger partial charge on any atom is 0.573 e. The summed E-state index contributed by atoms with van der Waals surface area (Å²) in [6, 6.07) is 2.30. The molecule has 1 rings (SSSR count). The Kier molecular flexibility index (Phi) is 9.86. The molecule has 0 N–H and O–H groups in total. The van der Waals surface area contributed by atoms with E-state index in [1.165, 1.54) is 0 Å². The van der Waals surface area contributed by atoms with Gasteiger partial charge in [-0.2, -0.15) is 0 Å². The van der Waals surface area contributed by atoms with E-state index in [1.54, 1.807) is 0 Å². The van der Waals surface area contributed by atoms with Crippen LogP contribution >= 0.6 is 20.8 Å². The Bertz CT molecular complexity index is 378. The Morgan fingerprint density at radius 1 is 0.850 bits per heavy atom. The van der Waals surface area contributed by atoms with Gasteiger partial charge in [0.15, 0.2) is 0 Å². The standard InChI is InChI=1S/C8H5F6O2P.CH2Cl.Pd/c9-7(10,11)15-4-1-5(3-6(17)2-4)16-8(12,13)14;1-2;/h1-3H,17H2;1H2;/q;-1;. The maximum absolute atomic E-state index is 11.9. The van der Waals surface area contributed by atoms with Crippen LogP contribution < -0.4 is 14.8 Å². The first-order valence-electron chi connectivity index (χ1n) is 4.24. The molecule has 0 bridgehead atoms. The number of hydrogen-bond donors (Lipinski definition) is 0. The van der Waals surface area contributed by atoms with Crippen molar-refractivity contribution in [3.63, 3.8) is 0 Å². The van der Waals surface area contributed by atoms with Crippen LogP contribution in [-0.2, 0) is 20.4 Å². The van der Waals surface area contributed by atoms with Gasteiger partial charge in [-0.15, -0.1) is 35.6 Å². The number of ether oxygens (including phenoxy) is 2. The van der Waals surface area contributed by atoms with E-state index in [4.69, 9.17) is 0 Å². The molecule has 1 atom stereocenters. The van der Waals surface area contributed by atoms with Gasteiger partial charge in [-0.05, 0) is 17.4 Å². The van der Waals surface area contributed by atoms with Gasteiger partial charge in [-0.1, -0.05) is 0 Å². The fourth-order valence-electron chi connectivity index (χ4n) is 0.979. The maximum atomic E-state index is 11.9. The molecule has 1 aromatic rings. The van der Waals surface area contributed by atoms with Gasteiger partial charge < -0.3 is 21.1 Å². The van der Waals surface area contributed by atoms with Gasteiger partial charge in [0, 0.05) is 26.5 Å². The van der Waals surface area contributed by atoms with Gasteiger partial charge in [0.1, 0.15) is 11.5 Å². The van der Waals surface area contributed by atoms with Gasteiger partial charge >= 0.3 is 12.7 Å². The zero-order chi connectivity index (χ0) is 15.3. The van der Waals surface area contributed by atoms with Crippen LogP contribution in [0.5, 0.6) is 11.5 Å². The van der Waals surface area contributed by atoms with Crippen LogP contribution in [0, 0.1) is 6.38 Å². The van der Waals surface area contributed by atoms with Crippen LogP contribution in [0.2, 0.25) is 0 Å². The van der Waals surface area contributed by atoms with Crippen molar-refractivity contribution in [1.29, 1.82) is 0 Å². The summed E-state index contributed by atoms with van der Waals surface area (Å²) in [4.78, 5) is 0. The van der Waals surface area contributed by atoms with Crippen LogP contribution in [0.4, 0.5) is 26.3 Å². The van der Waals surface area contributed by atoms with E-state index >= 15 is 0 Å². The third kappa shape index (κ3) is 10.6. The Balaban J connectivity index is 0. The number of halogens is 7.